The molecule has 0 N–H and O–H groups in total. The molecule has 21 heavy (non-hydrogen) atoms. The molecule has 2 bridgehead atoms. The number of rotatable bonds is 3. The van der Waals surface area contributed by atoms with Gasteiger partial charge in [-0.15, -0.1) is 0 Å². The second kappa shape index (κ2) is 5.91. The first-order valence-electron chi connectivity index (χ1n) is 9.31. The third-order valence-corrected chi connectivity index (χ3v) is 6.83. The number of hydrogen-bond acceptors (Lipinski definition) is 2. The Morgan fingerprint density at radius 3 is 2.29 bits per heavy atom. The zero-order valence-electron chi connectivity index (χ0n) is 13.3. The number of amides is 1. The Morgan fingerprint density at radius 1 is 0.905 bits per heavy atom. The third-order valence-electron chi connectivity index (χ3n) is 6.83. The van der Waals surface area contributed by atoms with Crippen LogP contribution in [0.4, 0.5) is 0 Å². The average Bonchev–Trinajstić information content (AvgIpc) is 3.25. The van der Waals surface area contributed by atoms with Gasteiger partial charge in [0.2, 0.25) is 5.91 Å². The van der Waals surface area contributed by atoms with E-state index in [-0.39, 0.29) is 0 Å². The first-order valence-corrected chi connectivity index (χ1v) is 9.31. The molecule has 1 saturated heterocycles. The van der Waals surface area contributed by atoms with Crippen molar-refractivity contribution >= 4 is 5.91 Å². The molecule has 3 nitrogen and oxygen atoms in total. The predicted octanol–water partition coefficient (Wildman–Crippen LogP) is 2.90. The highest BCUT2D eigenvalue weighted by molar-refractivity contribution is 5.76. The maximum absolute atomic E-state index is 12.6. The maximum Gasteiger partial charge on any atom is 0.222 e. The number of carbonyl (C=O) groups is 1. The van der Waals surface area contributed by atoms with Crippen LogP contribution in [0.1, 0.15) is 57.8 Å². The smallest absolute Gasteiger partial charge is 0.222 e. The molecule has 3 unspecified atom stereocenters. The standard InChI is InChI=1S/C18H30N2O/c21-18(13-16-12-14-5-6-15(16)11-14)20-9-7-19(8-10-20)17-3-1-2-4-17/h14-17H,1-13H2. The van der Waals surface area contributed by atoms with Gasteiger partial charge in [0.15, 0.2) is 0 Å². The highest BCUT2D eigenvalue weighted by Gasteiger charge is 2.40. The van der Waals surface area contributed by atoms with Crippen molar-refractivity contribution < 1.29 is 4.79 Å². The topological polar surface area (TPSA) is 23.6 Å². The van der Waals surface area contributed by atoms with E-state index < -0.39 is 0 Å². The van der Waals surface area contributed by atoms with Gasteiger partial charge in [0.05, 0.1) is 0 Å². The van der Waals surface area contributed by atoms with Gasteiger partial charge in [-0.1, -0.05) is 19.3 Å². The number of nitrogens with zero attached hydrogens (tertiary/aromatic N) is 2. The Balaban J connectivity index is 1.25. The van der Waals surface area contributed by atoms with Crippen molar-refractivity contribution in [3.63, 3.8) is 0 Å². The summed E-state index contributed by atoms with van der Waals surface area (Å²) in [4.78, 5) is 17.4. The van der Waals surface area contributed by atoms with Gasteiger partial charge in [0.1, 0.15) is 0 Å². The van der Waals surface area contributed by atoms with Crippen LogP contribution in [0, 0.1) is 17.8 Å². The van der Waals surface area contributed by atoms with Gasteiger partial charge in [-0.3, -0.25) is 9.69 Å². The SMILES string of the molecule is O=C(CC1CC2CCC1C2)N1CCN(C2CCCC2)CC1. The molecule has 3 saturated carbocycles. The van der Waals surface area contributed by atoms with E-state index in [9.17, 15) is 4.79 Å². The van der Waals surface area contributed by atoms with Crippen molar-refractivity contribution in [2.24, 2.45) is 17.8 Å². The molecule has 3 heteroatoms. The molecule has 0 spiro atoms. The highest BCUT2D eigenvalue weighted by atomic mass is 16.2. The molecule has 3 aliphatic carbocycles. The van der Waals surface area contributed by atoms with Crippen molar-refractivity contribution in [2.45, 2.75) is 63.8 Å². The van der Waals surface area contributed by atoms with Crippen LogP contribution in [0.5, 0.6) is 0 Å². The summed E-state index contributed by atoms with van der Waals surface area (Å²) >= 11 is 0. The van der Waals surface area contributed by atoms with Gasteiger partial charge in [-0.25, -0.2) is 0 Å². The van der Waals surface area contributed by atoms with E-state index in [1.165, 1.54) is 51.4 Å². The Labute approximate surface area is 129 Å². The van der Waals surface area contributed by atoms with Crippen molar-refractivity contribution in [2.75, 3.05) is 26.2 Å². The van der Waals surface area contributed by atoms with Gasteiger partial charge in [-0.05, 0) is 49.9 Å². The summed E-state index contributed by atoms with van der Waals surface area (Å²) < 4.78 is 0. The molecule has 1 aliphatic heterocycles. The fraction of sp³-hybridized carbons (Fsp3) is 0.944. The lowest BCUT2D eigenvalue weighted by Gasteiger charge is -2.38. The van der Waals surface area contributed by atoms with Crippen LogP contribution in [-0.2, 0) is 4.79 Å². The molecule has 1 heterocycles. The summed E-state index contributed by atoms with van der Waals surface area (Å²) in [5.74, 6) is 3.04. The molecule has 4 rings (SSSR count). The monoisotopic (exact) mass is 290 g/mol. The number of fused-ring (bicyclic) bond motifs is 2. The van der Waals surface area contributed by atoms with E-state index in [2.05, 4.69) is 9.80 Å². The van der Waals surface area contributed by atoms with Crippen molar-refractivity contribution in [3.8, 4) is 0 Å². The Kier molecular flexibility index (Phi) is 3.95. The first-order chi connectivity index (χ1) is 10.3. The zero-order chi connectivity index (χ0) is 14.2. The second-order valence-corrected chi connectivity index (χ2v) is 7.99. The molecule has 0 aromatic heterocycles. The molecule has 0 aromatic rings. The summed E-state index contributed by atoms with van der Waals surface area (Å²) in [5, 5.41) is 0. The van der Waals surface area contributed by atoms with Crippen molar-refractivity contribution in [3.05, 3.63) is 0 Å². The largest absolute Gasteiger partial charge is 0.340 e. The fourth-order valence-electron chi connectivity index (χ4n) is 5.59. The van der Waals surface area contributed by atoms with Gasteiger partial charge in [0, 0.05) is 38.6 Å². The summed E-state index contributed by atoms with van der Waals surface area (Å²) in [6.07, 6.45) is 12.1. The molecular weight excluding hydrogens is 260 g/mol. The molecule has 4 aliphatic rings. The summed E-state index contributed by atoms with van der Waals surface area (Å²) in [6.45, 7) is 4.20. The molecule has 0 aromatic carbocycles. The third kappa shape index (κ3) is 2.86. The maximum atomic E-state index is 12.6. The van der Waals surface area contributed by atoms with Crippen molar-refractivity contribution in [1.29, 1.82) is 0 Å². The molecule has 1 amide bonds. The molecule has 3 atom stereocenters. The van der Waals surface area contributed by atoms with Crippen LogP contribution in [0.3, 0.4) is 0 Å². The van der Waals surface area contributed by atoms with Crippen LogP contribution in [-0.4, -0.2) is 47.9 Å². The van der Waals surface area contributed by atoms with Crippen LogP contribution >= 0.6 is 0 Å². The van der Waals surface area contributed by atoms with E-state index in [0.29, 0.717) is 5.91 Å². The minimum absolute atomic E-state index is 0.457. The predicted molar refractivity (Wildman–Crippen MR) is 84.0 cm³/mol. The van der Waals surface area contributed by atoms with E-state index in [1.807, 2.05) is 0 Å². The first kappa shape index (κ1) is 14.0. The van der Waals surface area contributed by atoms with E-state index in [0.717, 1.165) is 56.4 Å². The fourth-order valence-corrected chi connectivity index (χ4v) is 5.59. The van der Waals surface area contributed by atoms with Gasteiger partial charge >= 0.3 is 0 Å². The number of hydrogen-bond donors (Lipinski definition) is 0. The lowest BCUT2D eigenvalue weighted by atomic mass is 9.86. The zero-order valence-corrected chi connectivity index (χ0v) is 13.3. The quantitative estimate of drug-likeness (QED) is 0.798. The Hall–Kier alpha value is -0.570. The Bertz CT molecular complexity index is 383. The summed E-state index contributed by atoms with van der Waals surface area (Å²) in [7, 11) is 0. The van der Waals surface area contributed by atoms with Crippen LogP contribution < -0.4 is 0 Å². The summed E-state index contributed by atoms with van der Waals surface area (Å²) in [6, 6.07) is 0.827. The Morgan fingerprint density at radius 2 is 1.67 bits per heavy atom. The van der Waals surface area contributed by atoms with Crippen LogP contribution in [0.25, 0.3) is 0 Å². The number of carbonyl (C=O) groups excluding carboxylic acids is 1. The van der Waals surface area contributed by atoms with E-state index in [4.69, 9.17) is 0 Å². The molecular formula is C18H30N2O. The minimum Gasteiger partial charge on any atom is -0.340 e. The van der Waals surface area contributed by atoms with Gasteiger partial charge in [-0.2, -0.15) is 0 Å². The lowest BCUT2D eigenvalue weighted by Crippen LogP contribution is -2.51. The van der Waals surface area contributed by atoms with Gasteiger partial charge in [0.25, 0.3) is 0 Å². The van der Waals surface area contributed by atoms with Crippen LogP contribution in [0.2, 0.25) is 0 Å². The summed E-state index contributed by atoms with van der Waals surface area (Å²) in [5.41, 5.74) is 0. The van der Waals surface area contributed by atoms with Crippen LogP contribution in [0.15, 0.2) is 0 Å². The van der Waals surface area contributed by atoms with E-state index in [1.54, 1.807) is 0 Å². The van der Waals surface area contributed by atoms with E-state index >= 15 is 0 Å². The average molecular weight is 290 g/mol. The van der Waals surface area contributed by atoms with Crippen molar-refractivity contribution in [1.82, 2.24) is 9.80 Å². The normalized spacial score (nSPS) is 37.5. The highest BCUT2D eigenvalue weighted by Crippen LogP contribution is 2.49. The molecule has 0 radical (unpaired) electrons. The second-order valence-electron chi connectivity index (χ2n) is 7.99. The number of piperazine rings is 1. The van der Waals surface area contributed by atoms with Gasteiger partial charge < -0.3 is 4.90 Å². The minimum atomic E-state index is 0.457. The molecule has 118 valence electrons. The molecule has 4 fully saturated rings. The lowest BCUT2D eigenvalue weighted by molar-refractivity contribution is -0.134.